The fourth-order valence-electron chi connectivity index (χ4n) is 4.03. The maximum absolute atomic E-state index is 2.67. The first kappa shape index (κ1) is 15.7. The molecule has 0 amide bonds. The van der Waals surface area contributed by atoms with Gasteiger partial charge in [0.25, 0.3) is 0 Å². The van der Waals surface area contributed by atoms with E-state index in [9.17, 15) is 0 Å². The van der Waals surface area contributed by atoms with Gasteiger partial charge in [-0.3, -0.25) is 0 Å². The predicted octanol–water partition coefficient (Wildman–Crippen LogP) is 5.74. The molecule has 0 aromatic carbocycles. The first-order valence-electron chi connectivity index (χ1n) is 8.59. The molecule has 0 atom stereocenters. The van der Waals surface area contributed by atoms with E-state index >= 15 is 0 Å². The molecule has 0 heterocycles. The third kappa shape index (κ3) is 5.31. The van der Waals surface area contributed by atoms with Gasteiger partial charge in [0.15, 0.2) is 0 Å². The van der Waals surface area contributed by atoms with Gasteiger partial charge in [-0.25, -0.2) is 0 Å². The van der Waals surface area contributed by atoms with Gasteiger partial charge in [-0.15, -0.1) is 0 Å². The van der Waals surface area contributed by atoms with Crippen LogP contribution in [0, 0.1) is 0 Å². The van der Waals surface area contributed by atoms with Gasteiger partial charge >= 0.3 is 127 Å². The molecule has 0 aliphatic heterocycles. The Morgan fingerprint density at radius 1 is 0.842 bits per heavy atom. The van der Waals surface area contributed by atoms with Crippen molar-refractivity contribution in [1.82, 2.24) is 0 Å². The molecule has 0 bridgehead atoms. The van der Waals surface area contributed by atoms with Gasteiger partial charge in [0, 0.05) is 0 Å². The van der Waals surface area contributed by atoms with E-state index in [1.54, 1.807) is 0 Å². The molecule has 0 nitrogen and oxygen atoms in total. The van der Waals surface area contributed by atoms with Gasteiger partial charge in [-0.1, -0.05) is 0 Å². The van der Waals surface area contributed by atoms with Crippen LogP contribution in [0.25, 0.3) is 0 Å². The van der Waals surface area contributed by atoms with E-state index < -0.39 is 0 Å². The van der Waals surface area contributed by atoms with Crippen LogP contribution in [0.2, 0.25) is 16.5 Å². The number of rotatable bonds is 5. The molecule has 2 rings (SSSR count). The van der Waals surface area contributed by atoms with E-state index in [-0.39, 0.29) is 0 Å². The van der Waals surface area contributed by atoms with E-state index in [1.807, 2.05) is 0 Å². The van der Waals surface area contributed by atoms with Crippen molar-refractivity contribution in [2.24, 2.45) is 0 Å². The van der Waals surface area contributed by atoms with E-state index in [0.717, 1.165) is 38.1 Å². The van der Waals surface area contributed by atoms with Gasteiger partial charge in [0.05, 0.1) is 0 Å². The molecular formula is C17H31BSe. The molecular weight excluding hydrogens is 294 g/mol. The van der Waals surface area contributed by atoms with E-state index in [4.69, 9.17) is 0 Å². The molecule has 0 radical (unpaired) electrons. The normalized spacial score (nSPS) is 23.3. The van der Waals surface area contributed by atoms with Crippen molar-refractivity contribution in [2.75, 3.05) is 0 Å². The predicted molar refractivity (Wildman–Crippen MR) is 89.4 cm³/mol. The molecule has 19 heavy (non-hydrogen) atoms. The summed E-state index contributed by atoms with van der Waals surface area (Å²) in [6.07, 6.45) is 15.0. The second kappa shape index (κ2) is 8.58. The van der Waals surface area contributed by atoms with Crippen molar-refractivity contribution in [3.63, 3.8) is 0 Å². The van der Waals surface area contributed by atoms with Gasteiger partial charge in [-0.2, -0.15) is 0 Å². The van der Waals surface area contributed by atoms with Gasteiger partial charge < -0.3 is 0 Å². The quantitative estimate of drug-likeness (QED) is 0.566. The first-order valence-corrected chi connectivity index (χ1v) is 10.6. The fourth-order valence-corrected chi connectivity index (χ4v) is 5.26. The van der Waals surface area contributed by atoms with Crippen LogP contribution < -0.4 is 0 Å². The molecule has 0 aromatic heterocycles. The van der Waals surface area contributed by atoms with Crippen molar-refractivity contribution < 1.29 is 0 Å². The van der Waals surface area contributed by atoms with Gasteiger partial charge in [0.1, 0.15) is 0 Å². The second-order valence-electron chi connectivity index (χ2n) is 6.89. The summed E-state index contributed by atoms with van der Waals surface area (Å²) in [5, 5.41) is 0. The third-order valence-corrected chi connectivity index (χ3v) is 6.84. The molecule has 0 aromatic rings. The Labute approximate surface area is 127 Å². The summed E-state index contributed by atoms with van der Waals surface area (Å²) in [6.45, 7) is 5.66. The second-order valence-corrected chi connectivity index (χ2v) is 10.0. The molecule has 2 aliphatic rings. The summed E-state index contributed by atoms with van der Waals surface area (Å²) < 4.78 is 0. The van der Waals surface area contributed by atoms with Gasteiger partial charge in [0.2, 0.25) is 0 Å². The average molecular weight is 325 g/mol. The summed E-state index contributed by atoms with van der Waals surface area (Å²) >= 11 is 0.724. The van der Waals surface area contributed by atoms with Crippen molar-refractivity contribution in [3.8, 4) is 0 Å². The van der Waals surface area contributed by atoms with Crippen LogP contribution >= 0.6 is 0 Å². The van der Waals surface area contributed by atoms with Crippen molar-refractivity contribution in [1.29, 1.82) is 0 Å². The van der Waals surface area contributed by atoms with Crippen LogP contribution in [0.15, 0.2) is 10.9 Å². The van der Waals surface area contributed by atoms with Crippen LogP contribution in [-0.2, 0) is 0 Å². The molecule has 2 saturated carbocycles. The monoisotopic (exact) mass is 326 g/mol. The van der Waals surface area contributed by atoms with E-state index in [2.05, 4.69) is 24.8 Å². The summed E-state index contributed by atoms with van der Waals surface area (Å²) in [4.78, 5) is 3.45. The minimum absolute atomic E-state index is 0.724. The van der Waals surface area contributed by atoms with Crippen molar-refractivity contribution in [3.05, 3.63) is 10.9 Å². The molecule has 0 unspecified atom stereocenters. The summed E-state index contributed by atoms with van der Waals surface area (Å²) in [5.74, 6) is 4.72. The summed E-state index contributed by atoms with van der Waals surface area (Å²) in [6, 6.07) is 0. The summed E-state index contributed by atoms with van der Waals surface area (Å²) in [7, 11) is 0. The SMILES string of the molecule is CC(C)[Se]/C=C/B(C1CCCCC1)C1CCCCC1. The zero-order valence-corrected chi connectivity index (χ0v) is 14.7. The first-order chi connectivity index (χ1) is 9.27. The Kier molecular flexibility index (Phi) is 7.09. The van der Waals surface area contributed by atoms with Crippen LogP contribution in [-0.4, -0.2) is 21.7 Å². The molecule has 2 fully saturated rings. The molecule has 0 N–H and O–H groups in total. The zero-order valence-electron chi connectivity index (χ0n) is 12.9. The summed E-state index contributed by atoms with van der Waals surface area (Å²) in [5.41, 5.74) is 0. The fraction of sp³-hybridized carbons (Fsp3) is 0.882. The van der Waals surface area contributed by atoms with Crippen LogP contribution in [0.1, 0.15) is 78.1 Å². The van der Waals surface area contributed by atoms with Crippen LogP contribution in [0.5, 0.6) is 0 Å². The molecule has 0 saturated heterocycles. The van der Waals surface area contributed by atoms with E-state index in [0.29, 0.717) is 0 Å². The Bertz CT molecular complexity index is 244. The Morgan fingerprint density at radius 2 is 1.32 bits per heavy atom. The Balaban J connectivity index is 1.96. The topological polar surface area (TPSA) is 0 Å². The van der Waals surface area contributed by atoms with Crippen molar-refractivity contribution >= 4 is 21.7 Å². The van der Waals surface area contributed by atoms with Gasteiger partial charge in [-0.05, 0) is 0 Å². The molecule has 2 heteroatoms. The molecule has 108 valence electrons. The number of hydrogen-bond acceptors (Lipinski definition) is 0. The molecule has 0 spiro atoms. The van der Waals surface area contributed by atoms with Crippen molar-refractivity contribution in [2.45, 2.75) is 94.5 Å². The Hall–Kier alpha value is 0.324. The molecule has 2 aliphatic carbocycles. The van der Waals surface area contributed by atoms with E-state index in [1.165, 1.54) is 64.2 Å². The third-order valence-electron chi connectivity index (χ3n) is 5.04. The standard InChI is InChI=1S/C17H31BSe/c1-15(2)19-14-13-18(16-9-5-3-6-10-16)17-11-7-4-8-12-17/h13-17H,3-12H2,1-2H3/b14-13+. The Morgan fingerprint density at radius 3 is 1.74 bits per heavy atom. The zero-order chi connectivity index (χ0) is 13.5. The minimum atomic E-state index is 0.724. The van der Waals surface area contributed by atoms with Crippen LogP contribution in [0.3, 0.4) is 0 Å². The maximum atomic E-state index is 2.67. The van der Waals surface area contributed by atoms with Crippen LogP contribution in [0.4, 0.5) is 0 Å². The average Bonchev–Trinajstić information content (AvgIpc) is 2.45. The number of hydrogen-bond donors (Lipinski definition) is 0.